The minimum atomic E-state index is 0. The van der Waals surface area contributed by atoms with Gasteiger partial charge in [0, 0.05) is 26.2 Å². The lowest BCUT2D eigenvalue weighted by molar-refractivity contribution is 0.0579. The van der Waals surface area contributed by atoms with E-state index in [-0.39, 0.29) is 24.0 Å². The molecule has 0 unspecified atom stereocenters. The van der Waals surface area contributed by atoms with Gasteiger partial charge in [0.05, 0.1) is 20.3 Å². The van der Waals surface area contributed by atoms with Crippen LogP contribution in [0.3, 0.4) is 0 Å². The third-order valence-electron chi connectivity index (χ3n) is 4.73. The maximum atomic E-state index is 5.89. The number of nitrogens with one attached hydrogen (secondary N) is 2. The van der Waals surface area contributed by atoms with E-state index in [1.54, 1.807) is 14.2 Å². The lowest BCUT2D eigenvalue weighted by Crippen LogP contribution is -2.38. The number of aliphatic imine (C=N–C) groups is 1. The molecular formula is C21H36IN3O3. The van der Waals surface area contributed by atoms with Crippen molar-refractivity contribution < 1.29 is 14.2 Å². The summed E-state index contributed by atoms with van der Waals surface area (Å²) in [5.74, 6) is 2.38. The molecule has 1 fully saturated rings. The Balaban J connectivity index is 0.00000392. The molecule has 2 rings (SSSR count). The molecule has 0 bridgehead atoms. The Morgan fingerprint density at radius 2 is 1.86 bits per heavy atom. The van der Waals surface area contributed by atoms with Crippen LogP contribution in [0.25, 0.3) is 0 Å². The molecule has 1 aliphatic carbocycles. The van der Waals surface area contributed by atoms with E-state index in [1.165, 1.54) is 31.2 Å². The highest BCUT2D eigenvalue weighted by molar-refractivity contribution is 14.0. The average Bonchev–Trinajstić information content (AvgIpc) is 3.21. The zero-order valence-corrected chi connectivity index (χ0v) is 19.8. The second-order valence-electron chi connectivity index (χ2n) is 6.76. The van der Waals surface area contributed by atoms with Gasteiger partial charge >= 0.3 is 0 Å². The summed E-state index contributed by atoms with van der Waals surface area (Å²) in [5.41, 5.74) is 1.20. The maximum Gasteiger partial charge on any atom is 0.191 e. The molecule has 1 saturated carbocycles. The molecular weight excluding hydrogens is 469 g/mol. The molecule has 0 saturated heterocycles. The number of hydrogen-bond acceptors (Lipinski definition) is 4. The summed E-state index contributed by atoms with van der Waals surface area (Å²) < 4.78 is 16.5. The summed E-state index contributed by atoms with van der Waals surface area (Å²) in [4.78, 5) is 4.64. The van der Waals surface area contributed by atoms with Gasteiger partial charge in [-0.25, -0.2) is 0 Å². The fourth-order valence-electron chi connectivity index (χ4n) is 3.26. The number of ether oxygens (including phenoxy) is 3. The Hall–Kier alpha value is -1.22. The summed E-state index contributed by atoms with van der Waals surface area (Å²) in [7, 11) is 3.31. The summed E-state index contributed by atoms with van der Waals surface area (Å²) in [5, 5.41) is 6.69. The van der Waals surface area contributed by atoms with Crippen LogP contribution in [-0.2, 0) is 11.2 Å². The van der Waals surface area contributed by atoms with E-state index in [1.807, 2.05) is 12.1 Å². The van der Waals surface area contributed by atoms with Crippen molar-refractivity contribution in [2.45, 2.75) is 51.6 Å². The molecule has 0 amide bonds. The van der Waals surface area contributed by atoms with E-state index in [0.717, 1.165) is 56.5 Å². The Morgan fingerprint density at radius 1 is 1.11 bits per heavy atom. The van der Waals surface area contributed by atoms with Crippen molar-refractivity contribution in [3.8, 4) is 11.5 Å². The van der Waals surface area contributed by atoms with Crippen LogP contribution < -0.4 is 20.1 Å². The van der Waals surface area contributed by atoms with Crippen molar-refractivity contribution in [3.05, 3.63) is 23.8 Å². The molecule has 0 heterocycles. The molecule has 28 heavy (non-hydrogen) atoms. The van der Waals surface area contributed by atoms with Crippen molar-refractivity contribution in [1.29, 1.82) is 0 Å². The van der Waals surface area contributed by atoms with Gasteiger partial charge in [0.2, 0.25) is 0 Å². The quantitative estimate of drug-likeness (QED) is 0.208. The highest BCUT2D eigenvalue weighted by Crippen LogP contribution is 2.27. The average molecular weight is 505 g/mol. The Bertz CT molecular complexity index is 578. The standard InChI is InChI=1S/C21H35N3O3.HI/c1-4-22-21(23-13-7-15-27-18-8-5-6-9-18)24-14-12-17-10-11-19(25-2)20(16-17)26-3;/h10-11,16,18H,4-9,12-15H2,1-3H3,(H2,22,23,24);1H. The minimum Gasteiger partial charge on any atom is -0.493 e. The van der Waals surface area contributed by atoms with Crippen molar-refractivity contribution in [2.24, 2.45) is 4.99 Å². The Labute approximate surface area is 186 Å². The van der Waals surface area contributed by atoms with Crippen molar-refractivity contribution in [2.75, 3.05) is 40.5 Å². The van der Waals surface area contributed by atoms with Crippen molar-refractivity contribution >= 4 is 29.9 Å². The van der Waals surface area contributed by atoms with Crippen LogP contribution in [0.2, 0.25) is 0 Å². The molecule has 0 atom stereocenters. The van der Waals surface area contributed by atoms with Gasteiger partial charge in [-0.05, 0) is 50.3 Å². The number of benzene rings is 1. The third-order valence-corrected chi connectivity index (χ3v) is 4.73. The van der Waals surface area contributed by atoms with Crippen LogP contribution in [0.4, 0.5) is 0 Å². The lowest BCUT2D eigenvalue weighted by atomic mass is 10.1. The first-order valence-electron chi connectivity index (χ1n) is 10.1. The number of methoxy groups -OCH3 is 2. The van der Waals surface area contributed by atoms with E-state index in [4.69, 9.17) is 14.2 Å². The monoisotopic (exact) mass is 505 g/mol. The van der Waals surface area contributed by atoms with Gasteiger partial charge in [0.25, 0.3) is 0 Å². The summed E-state index contributed by atoms with van der Waals surface area (Å²) in [6.07, 6.45) is 7.42. The fourth-order valence-corrected chi connectivity index (χ4v) is 3.26. The van der Waals surface area contributed by atoms with E-state index >= 15 is 0 Å². The van der Waals surface area contributed by atoms with E-state index in [0.29, 0.717) is 6.10 Å². The first-order chi connectivity index (χ1) is 13.3. The number of guanidine groups is 1. The zero-order chi connectivity index (χ0) is 19.3. The number of rotatable bonds is 11. The summed E-state index contributed by atoms with van der Waals surface area (Å²) >= 11 is 0. The molecule has 0 spiro atoms. The second kappa shape index (κ2) is 14.7. The highest BCUT2D eigenvalue weighted by Gasteiger charge is 2.14. The summed E-state index contributed by atoms with van der Waals surface area (Å²) in [6, 6.07) is 6.02. The van der Waals surface area contributed by atoms with Crippen LogP contribution in [0.15, 0.2) is 23.2 Å². The number of halogens is 1. The Kier molecular flexibility index (Phi) is 13.1. The first kappa shape index (κ1) is 24.8. The maximum absolute atomic E-state index is 5.89. The fraction of sp³-hybridized carbons (Fsp3) is 0.667. The smallest absolute Gasteiger partial charge is 0.191 e. The predicted octanol–water partition coefficient (Wildman–Crippen LogP) is 3.77. The SMILES string of the molecule is CCNC(=NCCCOC1CCCC1)NCCc1ccc(OC)c(OC)c1.I. The van der Waals surface area contributed by atoms with E-state index < -0.39 is 0 Å². The number of hydrogen-bond donors (Lipinski definition) is 2. The molecule has 2 N–H and O–H groups in total. The molecule has 1 aromatic carbocycles. The highest BCUT2D eigenvalue weighted by atomic mass is 127. The van der Waals surface area contributed by atoms with Gasteiger partial charge < -0.3 is 24.8 Å². The zero-order valence-electron chi connectivity index (χ0n) is 17.5. The van der Waals surface area contributed by atoms with Gasteiger partial charge in [-0.3, -0.25) is 4.99 Å². The van der Waals surface area contributed by atoms with Gasteiger partial charge in [-0.2, -0.15) is 0 Å². The topological polar surface area (TPSA) is 64.1 Å². The van der Waals surface area contributed by atoms with Gasteiger partial charge in [-0.15, -0.1) is 24.0 Å². The predicted molar refractivity (Wildman–Crippen MR) is 125 cm³/mol. The lowest BCUT2D eigenvalue weighted by Gasteiger charge is -2.13. The van der Waals surface area contributed by atoms with Crippen molar-refractivity contribution in [3.63, 3.8) is 0 Å². The van der Waals surface area contributed by atoms with E-state index in [2.05, 4.69) is 28.6 Å². The first-order valence-corrected chi connectivity index (χ1v) is 10.1. The normalized spacial score (nSPS) is 14.5. The minimum absolute atomic E-state index is 0. The number of nitrogens with zero attached hydrogens (tertiary/aromatic N) is 1. The van der Waals surface area contributed by atoms with Gasteiger partial charge in [-0.1, -0.05) is 18.9 Å². The molecule has 160 valence electrons. The van der Waals surface area contributed by atoms with Gasteiger partial charge in [0.1, 0.15) is 0 Å². The van der Waals surface area contributed by atoms with Crippen LogP contribution >= 0.6 is 24.0 Å². The van der Waals surface area contributed by atoms with Crippen LogP contribution in [-0.4, -0.2) is 52.5 Å². The van der Waals surface area contributed by atoms with Crippen LogP contribution in [0, 0.1) is 0 Å². The van der Waals surface area contributed by atoms with Crippen LogP contribution in [0.5, 0.6) is 11.5 Å². The van der Waals surface area contributed by atoms with Gasteiger partial charge in [0.15, 0.2) is 17.5 Å². The van der Waals surface area contributed by atoms with Crippen LogP contribution in [0.1, 0.15) is 44.6 Å². The molecule has 1 aromatic rings. The Morgan fingerprint density at radius 3 is 2.54 bits per heavy atom. The van der Waals surface area contributed by atoms with E-state index in [9.17, 15) is 0 Å². The molecule has 1 aliphatic rings. The second-order valence-corrected chi connectivity index (χ2v) is 6.76. The summed E-state index contributed by atoms with van der Waals surface area (Å²) in [6.45, 7) is 5.31. The molecule has 0 radical (unpaired) electrons. The largest absolute Gasteiger partial charge is 0.493 e. The van der Waals surface area contributed by atoms with Crippen molar-refractivity contribution in [1.82, 2.24) is 10.6 Å². The molecule has 6 nitrogen and oxygen atoms in total. The third kappa shape index (κ3) is 8.86. The molecule has 0 aromatic heterocycles. The molecule has 0 aliphatic heterocycles. The molecule has 7 heteroatoms.